The molecular formula is C16H21F3IN5O2S. The zero-order valence-corrected chi connectivity index (χ0v) is 18.4. The van der Waals surface area contributed by atoms with Gasteiger partial charge in [-0.3, -0.25) is 4.99 Å². The fraction of sp³-hybridized carbons (Fsp3) is 0.438. The van der Waals surface area contributed by atoms with Gasteiger partial charge in [0, 0.05) is 38.3 Å². The van der Waals surface area contributed by atoms with E-state index in [0.717, 1.165) is 22.3 Å². The van der Waals surface area contributed by atoms with Crippen LogP contribution in [0.15, 0.2) is 28.7 Å². The van der Waals surface area contributed by atoms with Gasteiger partial charge in [0.25, 0.3) is 0 Å². The Kier molecular flexibility index (Phi) is 10.5. The smallest absolute Gasteiger partial charge is 0.434 e. The SMILES string of the molecule is CN=C(NCc1ccc(OCCOC)nc1)NCc1nc(C(F)(F)F)cs1.I. The Morgan fingerprint density at radius 3 is 2.54 bits per heavy atom. The van der Waals surface area contributed by atoms with Gasteiger partial charge in [-0.05, 0) is 5.56 Å². The van der Waals surface area contributed by atoms with E-state index < -0.39 is 11.9 Å². The summed E-state index contributed by atoms with van der Waals surface area (Å²) >= 11 is 0.944. The molecule has 0 aliphatic heterocycles. The number of nitrogens with zero attached hydrogens (tertiary/aromatic N) is 3. The van der Waals surface area contributed by atoms with Crippen molar-refractivity contribution in [2.24, 2.45) is 4.99 Å². The number of aromatic nitrogens is 2. The number of hydrogen-bond acceptors (Lipinski definition) is 6. The maximum atomic E-state index is 12.6. The number of rotatable bonds is 8. The number of guanidine groups is 1. The van der Waals surface area contributed by atoms with Gasteiger partial charge < -0.3 is 20.1 Å². The third-order valence-corrected chi connectivity index (χ3v) is 4.12. The number of ether oxygens (including phenoxy) is 2. The van der Waals surface area contributed by atoms with Crippen LogP contribution in [0.3, 0.4) is 0 Å². The van der Waals surface area contributed by atoms with Crippen molar-refractivity contribution in [3.8, 4) is 5.88 Å². The number of hydrogen-bond donors (Lipinski definition) is 2. The summed E-state index contributed by atoms with van der Waals surface area (Å²) in [5.74, 6) is 0.946. The van der Waals surface area contributed by atoms with E-state index in [2.05, 4.69) is 25.6 Å². The highest BCUT2D eigenvalue weighted by atomic mass is 127. The van der Waals surface area contributed by atoms with Gasteiger partial charge in [0.05, 0.1) is 13.2 Å². The maximum Gasteiger partial charge on any atom is 0.434 e. The average Bonchev–Trinajstić information content (AvgIpc) is 3.13. The first-order valence-corrected chi connectivity index (χ1v) is 8.83. The lowest BCUT2D eigenvalue weighted by Crippen LogP contribution is -2.36. The van der Waals surface area contributed by atoms with Gasteiger partial charge >= 0.3 is 6.18 Å². The summed E-state index contributed by atoms with van der Waals surface area (Å²) in [7, 11) is 3.17. The second-order valence-electron chi connectivity index (χ2n) is 5.25. The molecular weight excluding hydrogens is 510 g/mol. The largest absolute Gasteiger partial charge is 0.475 e. The Morgan fingerprint density at radius 1 is 1.21 bits per heavy atom. The van der Waals surface area contributed by atoms with Crippen molar-refractivity contribution in [1.29, 1.82) is 0 Å². The van der Waals surface area contributed by atoms with Crippen molar-refractivity contribution >= 4 is 41.3 Å². The lowest BCUT2D eigenvalue weighted by molar-refractivity contribution is -0.140. The number of thiazole rings is 1. The molecule has 2 rings (SSSR count). The highest BCUT2D eigenvalue weighted by Crippen LogP contribution is 2.29. The van der Waals surface area contributed by atoms with Gasteiger partial charge in [0.15, 0.2) is 11.7 Å². The van der Waals surface area contributed by atoms with E-state index in [1.54, 1.807) is 26.4 Å². The minimum Gasteiger partial charge on any atom is -0.475 e. The summed E-state index contributed by atoms with van der Waals surface area (Å²) in [5, 5.41) is 7.30. The topological polar surface area (TPSA) is 80.7 Å². The molecule has 28 heavy (non-hydrogen) atoms. The van der Waals surface area contributed by atoms with Crippen molar-refractivity contribution in [1.82, 2.24) is 20.6 Å². The van der Waals surface area contributed by atoms with Gasteiger partial charge in [-0.1, -0.05) is 6.07 Å². The molecule has 0 unspecified atom stereocenters. The average molecular weight is 531 g/mol. The molecule has 0 aliphatic rings. The number of methoxy groups -OCH3 is 1. The van der Waals surface area contributed by atoms with E-state index >= 15 is 0 Å². The molecule has 0 atom stereocenters. The molecule has 0 spiro atoms. The van der Waals surface area contributed by atoms with E-state index in [1.807, 2.05) is 6.07 Å². The molecule has 0 saturated carbocycles. The summed E-state index contributed by atoms with van der Waals surface area (Å²) in [5.41, 5.74) is 0.0109. The standard InChI is InChI=1S/C16H20F3N5O2S.HI/c1-20-15(23-9-14-24-12(10-27-14)16(17,18)19)22-8-11-3-4-13(21-7-11)26-6-5-25-2;/h3-4,7,10H,5-6,8-9H2,1-2H3,(H2,20,22,23);1H. The van der Waals surface area contributed by atoms with Crippen LogP contribution in [-0.4, -0.2) is 43.3 Å². The molecule has 2 heterocycles. The zero-order valence-electron chi connectivity index (χ0n) is 15.2. The second kappa shape index (κ2) is 12.0. The number of nitrogens with one attached hydrogen (secondary N) is 2. The number of pyridine rings is 1. The van der Waals surface area contributed by atoms with E-state index in [9.17, 15) is 13.2 Å². The Morgan fingerprint density at radius 2 is 1.96 bits per heavy atom. The van der Waals surface area contributed by atoms with Gasteiger partial charge in [-0.15, -0.1) is 35.3 Å². The van der Waals surface area contributed by atoms with Crippen LogP contribution >= 0.6 is 35.3 Å². The fourth-order valence-corrected chi connectivity index (χ4v) is 2.66. The van der Waals surface area contributed by atoms with Gasteiger partial charge in [0.2, 0.25) is 5.88 Å². The first-order valence-electron chi connectivity index (χ1n) is 7.95. The molecule has 2 aromatic rings. The normalized spacial score (nSPS) is 11.7. The second-order valence-corrected chi connectivity index (χ2v) is 6.19. The highest BCUT2D eigenvalue weighted by molar-refractivity contribution is 14.0. The van der Waals surface area contributed by atoms with Crippen molar-refractivity contribution < 1.29 is 22.6 Å². The summed E-state index contributed by atoms with van der Waals surface area (Å²) in [6, 6.07) is 3.60. The van der Waals surface area contributed by atoms with Crippen LogP contribution in [0.2, 0.25) is 0 Å². The Hall–Kier alpha value is -1.67. The lowest BCUT2D eigenvalue weighted by Gasteiger charge is -2.11. The first-order chi connectivity index (χ1) is 12.9. The van der Waals surface area contributed by atoms with Crippen molar-refractivity contribution in [3.63, 3.8) is 0 Å². The number of aliphatic imine (C=N–C) groups is 1. The Labute approximate surface area is 181 Å². The minimum absolute atomic E-state index is 0. The van der Waals surface area contributed by atoms with Crippen LogP contribution < -0.4 is 15.4 Å². The van der Waals surface area contributed by atoms with Gasteiger partial charge in [-0.25, -0.2) is 9.97 Å². The maximum absolute atomic E-state index is 12.6. The summed E-state index contributed by atoms with van der Waals surface area (Å²) in [6.07, 6.45) is -2.76. The summed E-state index contributed by atoms with van der Waals surface area (Å²) < 4.78 is 47.9. The van der Waals surface area contributed by atoms with Gasteiger partial charge in [0.1, 0.15) is 11.6 Å². The van der Waals surface area contributed by atoms with Crippen LogP contribution in [0.4, 0.5) is 13.2 Å². The Balaban J connectivity index is 0.00000392. The quantitative estimate of drug-likeness (QED) is 0.236. The van der Waals surface area contributed by atoms with Crippen molar-refractivity contribution in [2.45, 2.75) is 19.3 Å². The van der Waals surface area contributed by atoms with E-state index in [0.29, 0.717) is 36.6 Å². The Bertz CT molecular complexity index is 741. The molecule has 0 radical (unpaired) electrons. The molecule has 12 heteroatoms. The van der Waals surface area contributed by atoms with Crippen LogP contribution in [-0.2, 0) is 24.0 Å². The zero-order chi connectivity index (χ0) is 19.7. The molecule has 0 saturated heterocycles. The number of halogens is 4. The number of alkyl halides is 3. The minimum atomic E-state index is -4.43. The molecule has 0 amide bonds. The van der Waals surface area contributed by atoms with E-state index in [-0.39, 0.29) is 30.5 Å². The van der Waals surface area contributed by atoms with E-state index in [4.69, 9.17) is 9.47 Å². The van der Waals surface area contributed by atoms with Crippen LogP contribution in [0.5, 0.6) is 5.88 Å². The van der Waals surface area contributed by atoms with Crippen LogP contribution in [0, 0.1) is 0 Å². The predicted molar refractivity (Wildman–Crippen MR) is 111 cm³/mol. The third kappa shape index (κ3) is 8.14. The fourth-order valence-electron chi connectivity index (χ4n) is 1.92. The summed E-state index contributed by atoms with van der Waals surface area (Å²) in [4.78, 5) is 11.8. The molecule has 156 valence electrons. The van der Waals surface area contributed by atoms with E-state index in [1.165, 1.54) is 0 Å². The van der Waals surface area contributed by atoms with Crippen LogP contribution in [0.1, 0.15) is 16.3 Å². The first kappa shape index (κ1) is 24.4. The molecule has 2 N–H and O–H groups in total. The molecule has 0 aromatic carbocycles. The van der Waals surface area contributed by atoms with Crippen molar-refractivity contribution in [3.05, 3.63) is 40.0 Å². The molecule has 2 aromatic heterocycles. The predicted octanol–water partition coefficient (Wildman–Crippen LogP) is 3.07. The molecule has 7 nitrogen and oxygen atoms in total. The monoisotopic (exact) mass is 531 g/mol. The van der Waals surface area contributed by atoms with Crippen LogP contribution in [0.25, 0.3) is 0 Å². The third-order valence-electron chi connectivity index (χ3n) is 3.27. The highest BCUT2D eigenvalue weighted by Gasteiger charge is 2.33. The molecule has 0 fully saturated rings. The lowest BCUT2D eigenvalue weighted by atomic mass is 10.3. The van der Waals surface area contributed by atoms with Crippen molar-refractivity contribution in [2.75, 3.05) is 27.4 Å². The molecule has 0 bridgehead atoms. The van der Waals surface area contributed by atoms with Gasteiger partial charge in [-0.2, -0.15) is 13.2 Å². The molecule has 0 aliphatic carbocycles. The summed E-state index contributed by atoms with van der Waals surface area (Å²) in [6.45, 7) is 1.49.